The standard InChI is InChI=1S/C22H21N3O4/c1-28-17-7-3-15(4-8-17)19-13-20-22(27)24(11-12-25(20)23-19)14-21(26)16-5-9-18(29-2)10-6-16/h3-13,21,26H,14H2,1-2H3/t21-/m1/s1. The summed E-state index contributed by atoms with van der Waals surface area (Å²) in [6.07, 6.45) is 2.53. The van der Waals surface area contributed by atoms with Crippen molar-refractivity contribution in [1.82, 2.24) is 14.2 Å². The van der Waals surface area contributed by atoms with Crippen molar-refractivity contribution in [2.75, 3.05) is 14.2 Å². The molecule has 0 aliphatic carbocycles. The van der Waals surface area contributed by atoms with E-state index in [4.69, 9.17) is 9.47 Å². The lowest BCUT2D eigenvalue weighted by atomic mass is 10.1. The number of hydrogen-bond acceptors (Lipinski definition) is 5. The summed E-state index contributed by atoms with van der Waals surface area (Å²) < 4.78 is 13.4. The molecule has 0 aliphatic heterocycles. The Morgan fingerprint density at radius 3 is 2.21 bits per heavy atom. The molecule has 0 spiro atoms. The molecule has 0 aliphatic rings. The van der Waals surface area contributed by atoms with Gasteiger partial charge in [0.1, 0.15) is 17.0 Å². The van der Waals surface area contributed by atoms with Crippen LogP contribution in [0.5, 0.6) is 11.5 Å². The number of aliphatic hydroxyl groups excluding tert-OH is 1. The number of hydrogen-bond donors (Lipinski definition) is 1. The predicted octanol–water partition coefficient (Wildman–Crippen LogP) is 2.91. The topological polar surface area (TPSA) is 78.0 Å². The van der Waals surface area contributed by atoms with Crippen molar-refractivity contribution in [3.05, 3.63) is 82.9 Å². The first-order valence-electron chi connectivity index (χ1n) is 9.14. The molecule has 0 unspecified atom stereocenters. The van der Waals surface area contributed by atoms with Crippen LogP contribution in [0.25, 0.3) is 16.8 Å². The van der Waals surface area contributed by atoms with Gasteiger partial charge in [-0.3, -0.25) is 4.79 Å². The first-order chi connectivity index (χ1) is 14.1. The fourth-order valence-electron chi connectivity index (χ4n) is 3.19. The molecule has 0 radical (unpaired) electrons. The molecule has 2 aromatic heterocycles. The Morgan fingerprint density at radius 1 is 0.966 bits per heavy atom. The minimum atomic E-state index is -0.815. The van der Waals surface area contributed by atoms with Crippen molar-refractivity contribution in [2.45, 2.75) is 12.6 Å². The highest BCUT2D eigenvalue weighted by molar-refractivity contribution is 5.66. The average molecular weight is 391 g/mol. The molecule has 29 heavy (non-hydrogen) atoms. The van der Waals surface area contributed by atoms with Crippen LogP contribution in [-0.2, 0) is 6.54 Å². The third kappa shape index (κ3) is 3.72. The summed E-state index contributed by atoms with van der Waals surface area (Å²) in [6, 6.07) is 16.4. The van der Waals surface area contributed by atoms with E-state index < -0.39 is 6.10 Å². The molecule has 7 nitrogen and oxygen atoms in total. The number of rotatable bonds is 6. The van der Waals surface area contributed by atoms with Crippen molar-refractivity contribution in [3.8, 4) is 22.8 Å². The molecular weight excluding hydrogens is 370 g/mol. The smallest absolute Gasteiger partial charge is 0.276 e. The summed E-state index contributed by atoms with van der Waals surface area (Å²) in [7, 11) is 3.20. The molecule has 0 saturated carbocycles. The molecule has 2 heterocycles. The monoisotopic (exact) mass is 391 g/mol. The van der Waals surface area contributed by atoms with Gasteiger partial charge in [-0.2, -0.15) is 5.10 Å². The Bertz CT molecular complexity index is 1180. The summed E-state index contributed by atoms with van der Waals surface area (Å²) in [4.78, 5) is 12.9. The van der Waals surface area contributed by atoms with Crippen LogP contribution in [-0.4, -0.2) is 33.5 Å². The highest BCUT2D eigenvalue weighted by atomic mass is 16.5. The number of benzene rings is 2. The van der Waals surface area contributed by atoms with Crippen molar-refractivity contribution in [3.63, 3.8) is 0 Å². The zero-order chi connectivity index (χ0) is 20.4. The van der Waals surface area contributed by atoms with Crippen LogP contribution in [0.1, 0.15) is 11.7 Å². The summed E-state index contributed by atoms with van der Waals surface area (Å²) in [5.74, 6) is 1.47. The Labute approximate surface area is 167 Å². The van der Waals surface area contributed by atoms with E-state index in [-0.39, 0.29) is 12.1 Å². The molecule has 1 atom stereocenters. The van der Waals surface area contributed by atoms with E-state index in [1.165, 1.54) is 4.57 Å². The van der Waals surface area contributed by atoms with Crippen molar-refractivity contribution in [2.24, 2.45) is 0 Å². The van der Waals surface area contributed by atoms with E-state index in [2.05, 4.69) is 5.10 Å². The summed E-state index contributed by atoms with van der Waals surface area (Å²) >= 11 is 0. The second-order valence-corrected chi connectivity index (χ2v) is 6.63. The maximum Gasteiger partial charge on any atom is 0.276 e. The lowest BCUT2D eigenvalue weighted by molar-refractivity contribution is 0.155. The van der Waals surface area contributed by atoms with Crippen LogP contribution >= 0.6 is 0 Å². The summed E-state index contributed by atoms with van der Waals surface area (Å²) in [5, 5.41) is 15.0. The lowest BCUT2D eigenvalue weighted by Gasteiger charge is -2.13. The Kier molecular flexibility index (Phi) is 5.05. The fourth-order valence-corrected chi connectivity index (χ4v) is 3.19. The summed E-state index contributed by atoms with van der Waals surface area (Å²) in [6.45, 7) is 0.144. The molecule has 1 N–H and O–H groups in total. The maximum absolute atomic E-state index is 12.9. The van der Waals surface area contributed by atoms with Crippen LogP contribution in [0.2, 0.25) is 0 Å². The molecule has 2 aromatic carbocycles. The maximum atomic E-state index is 12.9. The average Bonchev–Trinajstić information content (AvgIpc) is 3.21. The third-order valence-electron chi connectivity index (χ3n) is 4.86. The second kappa shape index (κ2) is 7.81. The van der Waals surface area contributed by atoms with Gasteiger partial charge in [-0.25, -0.2) is 4.52 Å². The van der Waals surface area contributed by atoms with Crippen molar-refractivity contribution < 1.29 is 14.6 Å². The van der Waals surface area contributed by atoms with Gasteiger partial charge < -0.3 is 19.1 Å². The minimum absolute atomic E-state index is 0.144. The van der Waals surface area contributed by atoms with Crippen LogP contribution in [0.15, 0.2) is 71.8 Å². The molecule has 0 saturated heterocycles. The van der Waals surface area contributed by atoms with Crippen LogP contribution < -0.4 is 15.0 Å². The third-order valence-corrected chi connectivity index (χ3v) is 4.86. The van der Waals surface area contributed by atoms with Gasteiger partial charge in [0.25, 0.3) is 5.56 Å². The fraction of sp³-hybridized carbons (Fsp3) is 0.182. The molecule has 0 bridgehead atoms. The predicted molar refractivity (Wildman–Crippen MR) is 109 cm³/mol. The molecular formula is C22H21N3O4. The Balaban J connectivity index is 1.62. The number of aliphatic hydroxyl groups is 1. The number of nitrogens with zero attached hydrogens (tertiary/aromatic N) is 3. The molecule has 4 aromatic rings. The van der Waals surface area contributed by atoms with E-state index >= 15 is 0 Å². The van der Waals surface area contributed by atoms with Crippen LogP contribution in [0.4, 0.5) is 0 Å². The van der Waals surface area contributed by atoms with Gasteiger partial charge in [0, 0.05) is 18.0 Å². The van der Waals surface area contributed by atoms with E-state index in [1.807, 2.05) is 24.3 Å². The van der Waals surface area contributed by atoms with Crippen LogP contribution in [0.3, 0.4) is 0 Å². The second-order valence-electron chi connectivity index (χ2n) is 6.63. The van der Waals surface area contributed by atoms with Gasteiger partial charge in [-0.05, 0) is 48.0 Å². The Morgan fingerprint density at radius 2 is 1.59 bits per heavy atom. The summed E-state index contributed by atoms with van der Waals surface area (Å²) in [5.41, 5.74) is 2.52. The van der Waals surface area contributed by atoms with E-state index in [0.29, 0.717) is 22.5 Å². The first kappa shape index (κ1) is 18.8. The largest absolute Gasteiger partial charge is 0.497 e. The number of fused-ring (bicyclic) bond motifs is 1. The minimum Gasteiger partial charge on any atom is -0.497 e. The number of ether oxygens (including phenoxy) is 2. The molecule has 7 heteroatoms. The van der Waals surface area contributed by atoms with Gasteiger partial charge in [0.15, 0.2) is 0 Å². The van der Waals surface area contributed by atoms with Gasteiger partial charge in [-0.1, -0.05) is 12.1 Å². The number of aromatic nitrogens is 3. The first-order valence-corrected chi connectivity index (χ1v) is 9.14. The van der Waals surface area contributed by atoms with E-state index in [0.717, 1.165) is 11.3 Å². The van der Waals surface area contributed by atoms with Gasteiger partial charge >= 0.3 is 0 Å². The zero-order valence-corrected chi connectivity index (χ0v) is 16.1. The zero-order valence-electron chi connectivity index (χ0n) is 16.1. The molecule has 0 amide bonds. The van der Waals surface area contributed by atoms with Crippen LogP contribution in [0, 0.1) is 0 Å². The quantitative estimate of drug-likeness (QED) is 0.547. The molecule has 148 valence electrons. The highest BCUT2D eigenvalue weighted by Gasteiger charge is 2.13. The van der Waals surface area contributed by atoms with Crippen molar-refractivity contribution in [1.29, 1.82) is 0 Å². The van der Waals surface area contributed by atoms with E-state index in [9.17, 15) is 9.90 Å². The Hall–Kier alpha value is -3.58. The van der Waals surface area contributed by atoms with Crippen molar-refractivity contribution >= 4 is 5.52 Å². The lowest BCUT2D eigenvalue weighted by Crippen LogP contribution is -2.24. The van der Waals surface area contributed by atoms with Gasteiger partial charge in [0.05, 0.1) is 32.6 Å². The van der Waals surface area contributed by atoms with E-state index in [1.54, 1.807) is 61.5 Å². The molecule has 4 rings (SSSR count). The normalized spacial score (nSPS) is 12.1. The number of methoxy groups -OCH3 is 2. The van der Waals surface area contributed by atoms with Gasteiger partial charge in [0.2, 0.25) is 0 Å². The van der Waals surface area contributed by atoms with Gasteiger partial charge in [-0.15, -0.1) is 0 Å². The highest BCUT2D eigenvalue weighted by Crippen LogP contribution is 2.22. The SMILES string of the molecule is COc1ccc(-c2cc3c(=O)n(C[C@@H](O)c4ccc(OC)cc4)ccn3n2)cc1. The molecule has 0 fully saturated rings.